The summed E-state index contributed by atoms with van der Waals surface area (Å²) in [6.45, 7) is 0. The van der Waals surface area contributed by atoms with Crippen LogP contribution < -0.4 is 0 Å². The first-order chi connectivity index (χ1) is 9.95. The molecule has 0 amide bonds. The number of carbonyl (C=O) groups is 1. The minimum absolute atomic E-state index is 0.230. The summed E-state index contributed by atoms with van der Waals surface area (Å²) in [5.74, 6) is -0.429. The van der Waals surface area contributed by atoms with E-state index in [1.54, 1.807) is 24.3 Å². The molecule has 0 saturated heterocycles. The Morgan fingerprint density at radius 2 is 1.48 bits per heavy atom. The second-order valence-electron chi connectivity index (χ2n) is 5.32. The number of hydrogen-bond acceptors (Lipinski definition) is 1. The van der Waals surface area contributed by atoms with Crippen molar-refractivity contribution in [1.82, 2.24) is 0 Å². The highest BCUT2D eigenvalue weighted by Gasteiger charge is 2.52. The van der Waals surface area contributed by atoms with Crippen molar-refractivity contribution in [2.24, 2.45) is 0 Å². The highest BCUT2D eigenvalue weighted by atomic mass is 19.4. The van der Waals surface area contributed by atoms with Gasteiger partial charge >= 0.3 is 6.18 Å². The van der Waals surface area contributed by atoms with Crippen molar-refractivity contribution < 1.29 is 18.0 Å². The second-order valence-corrected chi connectivity index (χ2v) is 5.32. The number of rotatable bonds is 3. The minimum atomic E-state index is -4.51. The zero-order chi connectivity index (χ0) is 15.1. The number of hydrogen-bond donors (Lipinski definition) is 0. The van der Waals surface area contributed by atoms with Gasteiger partial charge in [0.1, 0.15) is 0 Å². The van der Waals surface area contributed by atoms with E-state index in [2.05, 4.69) is 0 Å². The van der Waals surface area contributed by atoms with Crippen LogP contribution in [0.4, 0.5) is 13.2 Å². The van der Waals surface area contributed by atoms with Gasteiger partial charge in [-0.2, -0.15) is 13.2 Å². The standard InChI is InChI=1S/C17H13F3O/c18-17(19,20)14-9-5-4-8-13(14)15(21)16(10-11-16)12-6-2-1-3-7-12/h1-9H,10-11H2. The molecule has 0 aliphatic heterocycles. The number of benzene rings is 2. The van der Waals surface area contributed by atoms with E-state index in [0.29, 0.717) is 12.8 Å². The number of ketones is 1. The van der Waals surface area contributed by atoms with Crippen LogP contribution in [-0.2, 0) is 11.6 Å². The van der Waals surface area contributed by atoms with E-state index in [0.717, 1.165) is 11.6 Å². The maximum absolute atomic E-state index is 13.1. The first-order valence-electron chi connectivity index (χ1n) is 6.72. The largest absolute Gasteiger partial charge is 0.417 e. The maximum Gasteiger partial charge on any atom is 0.417 e. The maximum atomic E-state index is 13.1. The molecule has 1 aliphatic rings. The van der Waals surface area contributed by atoms with Crippen LogP contribution in [0.2, 0.25) is 0 Å². The summed E-state index contributed by atoms with van der Waals surface area (Å²) in [7, 11) is 0. The summed E-state index contributed by atoms with van der Waals surface area (Å²) in [4.78, 5) is 12.7. The van der Waals surface area contributed by atoms with Gasteiger partial charge in [-0.05, 0) is 24.5 Å². The van der Waals surface area contributed by atoms with Gasteiger partial charge in [0.05, 0.1) is 11.0 Å². The summed E-state index contributed by atoms with van der Waals surface area (Å²) < 4.78 is 39.2. The molecule has 1 fully saturated rings. The zero-order valence-corrected chi connectivity index (χ0v) is 11.2. The van der Waals surface area contributed by atoms with Gasteiger partial charge < -0.3 is 0 Å². The fourth-order valence-electron chi connectivity index (χ4n) is 2.72. The fraction of sp³-hybridized carbons (Fsp3) is 0.235. The van der Waals surface area contributed by atoms with E-state index in [4.69, 9.17) is 0 Å². The zero-order valence-electron chi connectivity index (χ0n) is 11.2. The molecule has 0 N–H and O–H groups in total. The molecule has 1 nitrogen and oxygen atoms in total. The lowest BCUT2D eigenvalue weighted by molar-refractivity contribution is -0.137. The summed E-state index contributed by atoms with van der Waals surface area (Å²) in [6.07, 6.45) is -3.32. The molecule has 2 aromatic carbocycles. The van der Waals surface area contributed by atoms with E-state index in [-0.39, 0.29) is 5.56 Å². The van der Waals surface area contributed by atoms with Crippen molar-refractivity contribution in [2.45, 2.75) is 24.4 Å². The van der Waals surface area contributed by atoms with Gasteiger partial charge in [-0.25, -0.2) is 0 Å². The predicted molar refractivity (Wildman–Crippen MR) is 73.1 cm³/mol. The van der Waals surface area contributed by atoms with Crippen molar-refractivity contribution in [1.29, 1.82) is 0 Å². The van der Waals surface area contributed by atoms with Gasteiger partial charge in [0.25, 0.3) is 0 Å². The van der Waals surface area contributed by atoms with E-state index < -0.39 is 22.9 Å². The van der Waals surface area contributed by atoms with Gasteiger partial charge in [-0.1, -0.05) is 48.5 Å². The van der Waals surface area contributed by atoms with Crippen LogP contribution in [0.1, 0.15) is 34.3 Å². The Labute approximate surface area is 120 Å². The third-order valence-electron chi connectivity index (χ3n) is 3.99. The highest BCUT2D eigenvalue weighted by molar-refractivity contribution is 6.07. The summed E-state index contributed by atoms with van der Waals surface area (Å²) >= 11 is 0. The van der Waals surface area contributed by atoms with Gasteiger partial charge in [-0.15, -0.1) is 0 Å². The molecular formula is C17H13F3O. The predicted octanol–water partition coefficient (Wildman–Crippen LogP) is 4.62. The quantitative estimate of drug-likeness (QED) is 0.754. The van der Waals surface area contributed by atoms with Crippen molar-refractivity contribution in [3.05, 3.63) is 71.3 Å². The summed E-state index contributed by atoms with van der Waals surface area (Å²) in [5.41, 5.74) is -1.06. The molecule has 2 aromatic rings. The molecule has 0 heterocycles. The smallest absolute Gasteiger partial charge is 0.293 e. The molecule has 0 bridgehead atoms. The molecule has 4 heteroatoms. The lowest BCUT2D eigenvalue weighted by Crippen LogP contribution is -2.24. The Balaban J connectivity index is 2.05. The van der Waals surface area contributed by atoms with Crippen LogP contribution in [0.3, 0.4) is 0 Å². The van der Waals surface area contributed by atoms with Crippen molar-refractivity contribution in [2.75, 3.05) is 0 Å². The molecule has 1 saturated carbocycles. The normalized spacial score (nSPS) is 16.5. The SMILES string of the molecule is O=C(c1ccccc1C(F)(F)F)C1(c2ccccc2)CC1. The molecule has 3 rings (SSSR count). The van der Waals surface area contributed by atoms with Crippen LogP contribution >= 0.6 is 0 Å². The summed E-state index contributed by atoms with van der Waals surface area (Å²) in [5, 5.41) is 0. The average molecular weight is 290 g/mol. The van der Waals surface area contributed by atoms with Crippen molar-refractivity contribution in [3.8, 4) is 0 Å². The molecule has 0 radical (unpaired) electrons. The Morgan fingerprint density at radius 3 is 2.05 bits per heavy atom. The third kappa shape index (κ3) is 2.35. The first kappa shape index (κ1) is 13.9. The Morgan fingerprint density at radius 1 is 0.905 bits per heavy atom. The van der Waals surface area contributed by atoms with Crippen LogP contribution in [0, 0.1) is 0 Å². The van der Waals surface area contributed by atoms with E-state index in [1.807, 2.05) is 6.07 Å². The van der Waals surface area contributed by atoms with Crippen LogP contribution in [-0.4, -0.2) is 5.78 Å². The van der Waals surface area contributed by atoms with E-state index in [1.165, 1.54) is 18.2 Å². The van der Waals surface area contributed by atoms with Gasteiger partial charge in [0.15, 0.2) is 5.78 Å². The number of Topliss-reactive ketones (excluding diaryl/α,β-unsaturated/α-hetero) is 1. The monoisotopic (exact) mass is 290 g/mol. The molecule has 1 aliphatic carbocycles. The average Bonchev–Trinajstić information content (AvgIpc) is 3.28. The van der Waals surface area contributed by atoms with Crippen LogP contribution in [0.15, 0.2) is 54.6 Å². The number of alkyl halides is 3. The molecule has 0 unspecified atom stereocenters. The fourth-order valence-corrected chi connectivity index (χ4v) is 2.72. The van der Waals surface area contributed by atoms with Crippen LogP contribution in [0.5, 0.6) is 0 Å². The Kier molecular flexibility index (Phi) is 3.12. The van der Waals surface area contributed by atoms with E-state index in [9.17, 15) is 18.0 Å². The van der Waals surface area contributed by atoms with Crippen molar-refractivity contribution >= 4 is 5.78 Å². The lowest BCUT2D eigenvalue weighted by Gasteiger charge is -2.18. The molecule has 108 valence electrons. The molecule has 21 heavy (non-hydrogen) atoms. The molecular weight excluding hydrogens is 277 g/mol. The Bertz CT molecular complexity index is 670. The third-order valence-corrected chi connectivity index (χ3v) is 3.99. The second kappa shape index (κ2) is 4.72. The minimum Gasteiger partial charge on any atom is -0.293 e. The number of carbonyl (C=O) groups excluding carboxylic acids is 1. The molecule has 0 aromatic heterocycles. The Hall–Kier alpha value is -2.10. The van der Waals surface area contributed by atoms with Crippen LogP contribution in [0.25, 0.3) is 0 Å². The number of halogens is 3. The molecule has 0 spiro atoms. The lowest BCUT2D eigenvalue weighted by atomic mass is 9.85. The van der Waals surface area contributed by atoms with E-state index >= 15 is 0 Å². The van der Waals surface area contributed by atoms with Gasteiger partial charge in [0, 0.05) is 5.56 Å². The molecule has 0 atom stereocenters. The van der Waals surface area contributed by atoms with Crippen molar-refractivity contribution in [3.63, 3.8) is 0 Å². The first-order valence-corrected chi connectivity index (χ1v) is 6.72. The van der Waals surface area contributed by atoms with Gasteiger partial charge in [0.2, 0.25) is 0 Å². The highest BCUT2D eigenvalue weighted by Crippen LogP contribution is 2.51. The topological polar surface area (TPSA) is 17.1 Å². The van der Waals surface area contributed by atoms with Gasteiger partial charge in [-0.3, -0.25) is 4.79 Å². The summed E-state index contributed by atoms with van der Waals surface area (Å²) in [6, 6.07) is 14.1.